The maximum Gasteiger partial charge on any atom is 0.227 e. The Morgan fingerprint density at radius 1 is 1.25 bits per heavy atom. The van der Waals surface area contributed by atoms with E-state index in [4.69, 9.17) is 0 Å². The zero-order chi connectivity index (χ0) is 14.1. The lowest BCUT2D eigenvalue weighted by Crippen LogP contribution is -2.54. The SMILES string of the molecule is O=C(CCN1C(=O)CCc2ccccc21)N1CC(O)C1. The lowest BCUT2D eigenvalue weighted by molar-refractivity contribution is -0.141. The first-order chi connectivity index (χ1) is 9.65. The molecule has 0 radical (unpaired) electrons. The van der Waals surface area contributed by atoms with Crippen molar-refractivity contribution in [2.24, 2.45) is 0 Å². The second-order valence-corrected chi connectivity index (χ2v) is 5.38. The van der Waals surface area contributed by atoms with Crippen LogP contribution in [0, 0.1) is 0 Å². The molecule has 2 amide bonds. The van der Waals surface area contributed by atoms with Crippen LogP contribution in [-0.4, -0.2) is 47.6 Å². The van der Waals surface area contributed by atoms with Gasteiger partial charge in [0.15, 0.2) is 0 Å². The molecule has 1 fully saturated rings. The number of β-amino-alcohol motifs (C(OH)–C–C–N with tert-alkyl or cyclic N) is 1. The quantitative estimate of drug-likeness (QED) is 0.876. The summed E-state index contributed by atoms with van der Waals surface area (Å²) in [5, 5.41) is 9.20. The Morgan fingerprint density at radius 3 is 2.75 bits per heavy atom. The number of rotatable bonds is 3. The molecule has 0 bridgehead atoms. The highest BCUT2D eigenvalue weighted by molar-refractivity contribution is 5.97. The van der Waals surface area contributed by atoms with Gasteiger partial charge in [0, 0.05) is 38.2 Å². The lowest BCUT2D eigenvalue weighted by atomic mass is 10.0. The number of aliphatic hydroxyl groups excluding tert-OH is 1. The van der Waals surface area contributed by atoms with E-state index in [9.17, 15) is 14.7 Å². The van der Waals surface area contributed by atoms with E-state index in [0.717, 1.165) is 12.1 Å². The summed E-state index contributed by atoms with van der Waals surface area (Å²) in [5.74, 6) is 0.0892. The Balaban J connectivity index is 1.65. The lowest BCUT2D eigenvalue weighted by Gasteiger charge is -2.36. The van der Waals surface area contributed by atoms with Crippen molar-refractivity contribution in [2.75, 3.05) is 24.5 Å². The molecule has 1 aromatic carbocycles. The fraction of sp³-hybridized carbons (Fsp3) is 0.467. The van der Waals surface area contributed by atoms with Gasteiger partial charge in [-0.15, -0.1) is 0 Å². The zero-order valence-corrected chi connectivity index (χ0v) is 11.3. The van der Waals surface area contributed by atoms with Crippen molar-refractivity contribution in [1.29, 1.82) is 0 Å². The molecule has 0 saturated carbocycles. The van der Waals surface area contributed by atoms with Crippen LogP contribution in [0.25, 0.3) is 0 Å². The number of nitrogens with zero attached hydrogens (tertiary/aromatic N) is 2. The van der Waals surface area contributed by atoms with Crippen molar-refractivity contribution >= 4 is 17.5 Å². The standard InChI is InChI=1S/C15H18N2O3/c18-12-9-16(10-12)14(19)7-8-17-13-4-2-1-3-11(13)5-6-15(17)20/h1-4,12,18H,5-10H2. The van der Waals surface area contributed by atoms with E-state index >= 15 is 0 Å². The fourth-order valence-corrected chi connectivity index (χ4v) is 2.77. The van der Waals surface area contributed by atoms with Gasteiger partial charge in [-0.25, -0.2) is 0 Å². The maximum absolute atomic E-state index is 12.0. The maximum atomic E-state index is 12.0. The third-order valence-corrected chi connectivity index (χ3v) is 3.96. The number of anilines is 1. The van der Waals surface area contributed by atoms with E-state index in [0.29, 0.717) is 32.5 Å². The average Bonchev–Trinajstić information content (AvgIpc) is 2.42. The summed E-state index contributed by atoms with van der Waals surface area (Å²) in [7, 11) is 0. The molecule has 0 spiro atoms. The Bertz CT molecular complexity index is 538. The summed E-state index contributed by atoms with van der Waals surface area (Å²) in [5.41, 5.74) is 2.10. The van der Waals surface area contributed by atoms with Crippen molar-refractivity contribution in [1.82, 2.24) is 4.90 Å². The minimum Gasteiger partial charge on any atom is -0.389 e. The largest absolute Gasteiger partial charge is 0.389 e. The monoisotopic (exact) mass is 274 g/mol. The van der Waals surface area contributed by atoms with E-state index in [2.05, 4.69) is 0 Å². The summed E-state index contributed by atoms with van der Waals surface area (Å²) in [6.45, 7) is 1.26. The van der Waals surface area contributed by atoms with E-state index in [-0.39, 0.29) is 17.9 Å². The minimum atomic E-state index is -0.378. The van der Waals surface area contributed by atoms with Gasteiger partial charge in [0.1, 0.15) is 0 Å². The molecule has 1 N–H and O–H groups in total. The number of hydrogen-bond acceptors (Lipinski definition) is 3. The number of amides is 2. The highest BCUT2D eigenvalue weighted by Crippen LogP contribution is 2.27. The smallest absolute Gasteiger partial charge is 0.227 e. The number of benzene rings is 1. The van der Waals surface area contributed by atoms with Crippen LogP contribution in [0.4, 0.5) is 5.69 Å². The average molecular weight is 274 g/mol. The molecule has 106 valence electrons. The third-order valence-electron chi connectivity index (χ3n) is 3.96. The van der Waals surface area contributed by atoms with Crippen molar-refractivity contribution < 1.29 is 14.7 Å². The molecule has 2 aliphatic heterocycles. The van der Waals surface area contributed by atoms with Gasteiger partial charge in [-0.3, -0.25) is 9.59 Å². The summed E-state index contributed by atoms with van der Waals surface area (Å²) < 4.78 is 0. The second-order valence-electron chi connectivity index (χ2n) is 5.38. The number of para-hydroxylation sites is 1. The molecular formula is C15H18N2O3. The van der Waals surface area contributed by atoms with Crippen LogP contribution in [0.2, 0.25) is 0 Å². The number of aliphatic hydroxyl groups is 1. The fourth-order valence-electron chi connectivity index (χ4n) is 2.77. The molecule has 1 saturated heterocycles. The van der Waals surface area contributed by atoms with E-state index in [1.54, 1.807) is 9.80 Å². The molecule has 1 aromatic rings. The molecule has 2 heterocycles. The number of fused-ring (bicyclic) bond motifs is 1. The van der Waals surface area contributed by atoms with Crippen molar-refractivity contribution in [2.45, 2.75) is 25.4 Å². The number of carbonyl (C=O) groups is 2. The molecule has 2 aliphatic rings. The van der Waals surface area contributed by atoms with E-state index in [1.165, 1.54) is 5.56 Å². The molecule has 0 unspecified atom stereocenters. The summed E-state index contributed by atoms with van der Waals surface area (Å²) in [6, 6.07) is 7.85. The van der Waals surface area contributed by atoms with E-state index in [1.807, 2.05) is 24.3 Å². The topological polar surface area (TPSA) is 60.9 Å². The molecule has 0 aromatic heterocycles. The second kappa shape index (κ2) is 5.25. The van der Waals surface area contributed by atoms with Crippen LogP contribution in [0.3, 0.4) is 0 Å². The predicted octanol–water partition coefficient (Wildman–Crippen LogP) is 0.559. The van der Waals surface area contributed by atoms with Crippen LogP contribution in [0.15, 0.2) is 24.3 Å². The summed E-state index contributed by atoms with van der Waals surface area (Å²) in [6.07, 6.45) is 1.22. The van der Waals surface area contributed by atoms with Gasteiger partial charge in [0.25, 0.3) is 0 Å². The summed E-state index contributed by atoms with van der Waals surface area (Å²) in [4.78, 5) is 27.3. The van der Waals surface area contributed by atoms with Crippen molar-refractivity contribution in [3.63, 3.8) is 0 Å². The van der Waals surface area contributed by atoms with E-state index < -0.39 is 0 Å². The molecular weight excluding hydrogens is 256 g/mol. The van der Waals surface area contributed by atoms with Crippen LogP contribution >= 0.6 is 0 Å². The van der Waals surface area contributed by atoms with Gasteiger partial charge >= 0.3 is 0 Å². The highest BCUT2D eigenvalue weighted by atomic mass is 16.3. The first kappa shape index (κ1) is 13.1. The first-order valence-corrected chi connectivity index (χ1v) is 6.99. The number of carbonyl (C=O) groups excluding carboxylic acids is 2. The Labute approximate surface area is 117 Å². The molecule has 0 atom stereocenters. The van der Waals surface area contributed by atoms with Gasteiger partial charge < -0.3 is 14.9 Å². The Morgan fingerprint density at radius 2 is 2.00 bits per heavy atom. The van der Waals surface area contributed by atoms with Crippen LogP contribution in [0.5, 0.6) is 0 Å². The van der Waals surface area contributed by atoms with Gasteiger partial charge in [0.05, 0.1) is 6.10 Å². The van der Waals surface area contributed by atoms with Gasteiger partial charge in [-0.1, -0.05) is 18.2 Å². The van der Waals surface area contributed by atoms with Crippen molar-refractivity contribution in [3.05, 3.63) is 29.8 Å². The molecule has 5 heteroatoms. The van der Waals surface area contributed by atoms with Crippen molar-refractivity contribution in [3.8, 4) is 0 Å². The minimum absolute atomic E-state index is 0.00570. The number of aryl methyl sites for hydroxylation is 1. The zero-order valence-electron chi connectivity index (χ0n) is 11.3. The number of hydrogen-bond donors (Lipinski definition) is 1. The molecule has 5 nitrogen and oxygen atoms in total. The predicted molar refractivity (Wildman–Crippen MR) is 74.3 cm³/mol. The van der Waals surface area contributed by atoms with Gasteiger partial charge in [-0.2, -0.15) is 0 Å². The van der Waals surface area contributed by atoms with Crippen LogP contribution in [0.1, 0.15) is 18.4 Å². The Kier molecular flexibility index (Phi) is 3.44. The Hall–Kier alpha value is -1.88. The molecule has 3 rings (SSSR count). The van der Waals surface area contributed by atoms with Crippen LogP contribution < -0.4 is 4.90 Å². The van der Waals surface area contributed by atoms with Gasteiger partial charge in [0.2, 0.25) is 11.8 Å². The van der Waals surface area contributed by atoms with Crippen LogP contribution in [-0.2, 0) is 16.0 Å². The number of likely N-dealkylation sites (tertiary alicyclic amines) is 1. The van der Waals surface area contributed by atoms with Gasteiger partial charge in [-0.05, 0) is 18.1 Å². The third kappa shape index (κ3) is 2.41. The first-order valence-electron chi connectivity index (χ1n) is 6.99. The highest BCUT2D eigenvalue weighted by Gasteiger charge is 2.30. The normalized spacial score (nSPS) is 18.8. The molecule has 0 aliphatic carbocycles. The molecule has 20 heavy (non-hydrogen) atoms. The summed E-state index contributed by atoms with van der Waals surface area (Å²) >= 11 is 0.